The Morgan fingerprint density at radius 3 is 2.78 bits per heavy atom. The lowest BCUT2D eigenvalue weighted by molar-refractivity contribution is -0.149. The number of aromatic nitrogens is 2. The Balaban J connectivity index is 1.40. The molecule has 0 bridgehead atoms. The number of methoxy groups -OCH3 is 1. The second-order valence-electron chi connectivity index (χ2n) is 11.3. The molecule has 9 nitrogen and oxygen atoms in total. The zero-order valence-corrected chi connectivity index (χ0v) is 25.7. The van der Waals surface area contributed by atoms with Gasteiger partial charge in [0.1, 0.15) is 33.7 Å². The number of rotatable bonds is 10. The molecular formula is C30H37ClN4O5S. The summed E-state index contributed by atoms with van der Waals surface area (Å²) < 4.78 is 17.5. The highest BCUT2D eigenvalue weighted by Crippen LogP contribution is 2.45. The molecule has 2 aromatic heterocycles. The molecule has 1 amide bonds. The van der Waals surface area contributed by atoms with Gasteiger partial charge < -0.3 is 24.8 Å². The number of fused-ring (bicyclic) bond motifs is 1. The van der Waals surface area contributed by atoms with Gasteiger partial charge in [-0.25, -0.2) is 14.8 Å². The topological polar surface area (TPSA) is 112 Å². The molecule has 5 atom stereocenters. The van der Waals surface area contributed by atoms with E-state index in [2.05, 4.69) is 31.1 Å². The highest BCUT2D eigenvalue weighted by Gasteiger charge is 2.61. The number of amides is 1. The zero-order chi connectivity index (χ0) is 29.5. The minimum absolute atomic E-state index is 0.142. The Bertz CT molecular complexity index is 1490. The maximum Gasteiger partial charge on any atom is 0.332 e. The fourth-order valence-corrected chi connectivity index (χ4v) is 6.56. The Kier molecular flexibility index (Phi) is 8.31. The Morgan fingerprint density at radius 1 is 1.37 bits per heavy atom. The van der Waals surface area contributed by atoms with E-state index in [-0.39, 0.29) is 24.5 Å². The highest BCUT2D eigenvalue weighted by atomic mass is 35.5. The van der Waals surface area contributed by atoms with Crippen LogP contribution in [0.5, 0.6) is 5.75 Å². The van der Waals surface area contributed by atoms with Crippen molar-refractivity contribution in [2.24, 2.45) is 5.92 Å². The number of esters is 1. The van der Waals surface area contributed by atoms with E-state index in [1.807, 2.05) is 24.4 Å². The lowest BCUT2D eigenvalue weighted by Gasteiger charge is -2.29. The minimum atomic E-state index is -1.04. The summed E-state index contributed by atoms with van der Waals surface area (Å²) in [5, 5.41) is 10.9. The molecule has 2 fully saturated rings. The molecule has 1 saturated heterocycles. The number of hydrogen-bond donors (Lipinski definition) is 2. The molecule has 1 aliphatic heterocycles. The van der Waals surface area contributed by atoms with Crippen molar-refractivity contribution in [2.45, 2.75) is 76.2 Å². The zero-order valence-electron chi connectivity index (χ0n) is 24.1. The fourth-order valence-electron chi connectivity index (χ4n) is 5.32. The largest absolute Gasteiger partial charge is 0.488 e. The summed E-state index contributed by atoms with van der Waals surface area (Å²) in [5.41, 5.74) is -0.0580. The van der Waals surface area contributed by atoms with Gasteiger partial charge in [0.15, 0.2) is 0 Å². The fraction of sp³-hybridized carbons (Fsp3) is 0.533. The van der Waals surface area contributed by atoms with Gasteiger partial charge in [0.05, 0.1) is 28.7 Å². The lowest BCUT2D eigenvalue weighted by atomic mass is 9.95. The van der Waals surface area contributed by atoms with Crippen LogP contribution in [-0.4, -0.2) is 65.4 Å². The van der Waals surface area contributed by atoms with Crippen molar-refractivity contribution in [1.29, 1.82) is 0 Å². The van der Waals surface area contributed by atoms with Crippen LogP contribution in [0.4, 0.5) is 0 Å². The van der Waals surface area contributed by atoms with Crippen molar-refractivity contribution in [3.05, 3.63) is 40.4 Å². The average molecular weight is 601 g/mol. The first-order chi connectivity index (χ1) is 19.5. The Hall–Kier alpha value is -2.79. The second-order valence-corrected chi connectivity index (χ2v) is 12.6. The molecule has 1 saturated carbocycles. The van der Waals surface area contributed by atoms with Gasteiger partial charge in [0, 0.05) is 49.1 Å². The molecule has 11 heteroatoms. The van der Waals surface area contributed by atoms with Gasteiger partial charge in [-0.3, -0.25) is 4.79 Å². The lowest BCUT2D eigenvalue weighted by Crippen LogP contribution is -2.51. The molecule has 41 heavy (non-hydrogen) atoms. The molecule has 0 radical (unpaired) electrons. The number of nitrogens with one attached hydrogen (secondary N) is 2. The quantitative estimate of drug-likeness (QED) is 0.316. The predicted octanol–water partition coefficient (Wildman–Crippen LogP) is 3.00. The van der Waals surface area contributed by atoms with Crippen LogP contribution in [0.25, 0.3) is 21.8 Å². The first-order valence-corrected chi connectivity index (χ1v) is 15.2. The number of thiazole rings is 1. The van der Waals surface area contributed by atoms with Gasteiger partial charge in [0.25, 0.3) is 0 Å². The molecule has 3 heterocycles. The van der Waals surface area contributed by atoms with Gasteiger partial charge in [-0.05, 0) is 26.2 Å². The molecule has 2 N–H and O–H groups in total. The average Bonchev–Trinajstić information content (AvgIpc) is 3.27. The third-order valence-electron chi connectivity index (χ3n) is 8.16. The van der Waals surface area contributed by atoms with Crippen LogP contribution in [0.1, 0.15) is 58.6 Å². The number of ether oxygens (including phenoxy) is 3. The maximum absolute atomic E-state index is 13.2. The van der Waals surface area contributed by atoms with Crippen LogP contribution < -0.4 is 25.9 Å². The maximum atomic E-state index is 13.2. The Labute approximate surface area is 249 Å². The summed E-state index contributed by atoms with van der Waals surface area (Å²) in [7, 11) is 1.64. The molecule has 1 unspecified atom stereocenters. The molecule has 0 spiro atoms. The van der Waals surface area contributed by atoms with Crippen LogP contribution in [0.3, 0.4) is 0 Å². The molecule has 2 aromatic rings. The Morgan fingerprint density at radius 2 is 2.15 bits per heavy atom. The number of pyridine rings is 1. The number of carbonyl (C=O) groups excluding carboxylic acids is 2. The number of halogens is 1. The van der Waals surface area contributed by atoms with Crippen LogP contribution in [0.2, 0.25) is 0 Å². The molecular weight excluding hydrogens is 564 g/mol. The normalized spacial score (nSPS) is 28.6. The molecule has 0 aromatic carbocycles. The first-order valence-electron chi connectivity index (χ1n) is 14.0. The van der Waals surface area contributed by atoms with E-state index in [1.54, 1.807) is 20.1 Å². The van der Waals surface area contributed by atoms with Crippen LogP contribution >= 0.6 is 22.9 Å². The van der Waals surface area contributed by atoms with Crippen LogP contribution in [0.15, 0.2) is 24.1 Å². The van der Waals surface area contributed by atoms with Gasteiger partial charge in [0.2, 0.25) is 5.91 Å². The summed E-state index contributed by atoms with van der Waals surface area (Å²) in [6, 6.07) is 1.39. The van der Waals surface area contributed by atoms with E-state index in [9.17, 15) is 9.59 Å². The van der Waals surface area contributed by atoms with Crippen molar-refractivity contribution in [1.82, 2.24) is 20.6 Å². The van der Waals surface area contributed by atoms with Crippen molar-refractivity contribution in [2.75, 3.05) is 20.3 Å². The summed E-state index contributed by atoms with van der Waals surface area (Å²) in [6.07, 6.45) is 4.92. The van der Waals surface area contributed by atoms with Gasteiger partial charge in [-0.15, -0.1) is 17.9 Å². The van der Waals surface area contributed by atoms with Crippen molar-refractivity contribution >= 4 is 45.9 Å². The summed E-state index contributed by atoms with van der Waals surface area (Å²) >= 11 is 8.42. The van der Waals surface area contributed by atoms with E-state index < -0.39 is 23.2 Å². The third kappa shape index (κ3) is 5.55. The number of carbonyl (C=O) groups is 2. The second kappa shape index (κ2) is 11.5. The smallest absolute Gasteiger partial charge is 0.332 e. The highest BCUT2D eigenvalue weighted by molar-refractivity contribution is 7.13. The minimum Gasteiger partial charge on any atom is -0.488 e. The van der Waals surface area contributed by atoms with E-state index in [4.69, 9.17) is 35.8 Å². The molecule has 2 aliphatic carbocycles. The third-order valence-corrected chi connectivity index (χ3v) is 9.62. The molecule has 220 valence electrons. The number of hydrogen-bond acceptors (Lipinski definition) is 9. The van der Waals surface area contributed by atoms with Crippen molar-refractivity contribution < 1.29 is 23.8 Å². The summed E-state index contributed by atoms with van der Waals surface area (Å²) in [4.78, 5) is 35.5. The standard InChI is InChI=1S/C30H37ClN4O5S/c1-7-17-13-30(17,28(37)39-8-2)35-26(36)20-11-18(14-32-20)40-23-12-21(27-34-22(15-41-27)16(3)4)33-24-19(23)9-10-29(5,38-6)25(24)31/h7,9,12,15-18,20,32H,1,8,10-11,13-14H2,2-6H3,(H,35,36)/t17-,18-,20+,29?,30-/m1/s1. The monoisotopic (exact) mass is 600 g/mol. The summed E-state index contributed by atoms with van der Waals surface area (Å²) in [6.45, 7) is 12.4. The van der Waals surface area contributed by atoms with Crippen LogP contribution in [-0.2, 0) is 19.1 Å². The van der Waals surface area contributed by atoms with Gasteiger partial charge in [-0.1, -0.05) is 37.6 Å². The SMILES string of the molecule is C=C[C@@H]1C[C@]1(NC(=O)[C@@H]1C[C@@H](Oc2cc(-c3nc(C(C)C)cs3)nc3c2=CCC(C)(OC)C=3Cl)CN1)C(=O)OCC. The number of nitrogens with zero attached hydrogens (tertiary/aromatic N) is 2. The molecule has 3 aliphatic rings. The predicted molar refractivity (Wildman–Crippen MR) is 159 cm³/mol. The molecule has 5 rings (SSSR count). The van der Waals surface area contributed by atoms with Crippen LogP contribution in [0, 0.1) is 5.92 Å². The first kappa shape index (κ1) is 29.7. The van der Waals surface area contributed by atoms with E-state index in [1.165, 1.54) is 11.3 Å². The van der Waals surface area contributed by atoms with E-state index in [0.29, 0.717) is 53.5 Å². The van der Waals surface area contributed by atoms with Gasteiger partial charge >= 0.3 is 5.97 Å². The van der Waals surface area contributed by atoms with E-state index >= 15 is 0 Å². The van der Waals surface area contributed by atoms with Crippen molar-refractivity contribution in [3.63, 3.8) is 0 Å². The van der Waals surface area contributed by atoms with E-state index in [0.717, 1.165) is 15.9 Å². The van der Waals surface area contributed by atoms with Gasteiger partial charge in [-0.2, -0.15) is 0 Å². The van der Waals surface area contributed by atoms with Crippen molar-refractivity contribution in [3.8, 4) is 16.5 Å². The summed E-state index contributed by atoms with van der Waals surface area (Å²) in [5.74, 6) is 0.106.